The Hall–Kier alpha value is -1.74. The number of hydrogen-bond acceptors (Lipinski definition) is 3. The number of nitriles is 1. The standard InChI is InChI=1S/C15H17F3N2O/c1-20(10-13-4-2-3-7-21-13)12-5-6-14(15(16,17)18)11(8-12)9-19/h5-6,8,13H,2-4,7,10H2,1H3. The lowest BCUT2D eigenvalue weighted by Gasteiger charge is -2.29. The Morgan fingerprint density at radius 2 is 2.14 bits per heavy atom. The van der Waals surface area contributed by atoms with Gasteiger partial charge in [0.2, 0.25) is 0 Å². The third-order valence-electron chi connectivity index (χ3n) is 3.62. The summed E-state index contributed by atoms with van der Waals surface area (Å²) in [6.45, 7) is 1.34. The lowest BCUT2D eigenvalue weighted by molar-refractivity contribution is -0.137. The molecular weight excluding hydrogens is 281 g/mol. The molecule has 0 N–H and O–H groups in total. The van der Waals surface area contributed by atoms with Gasteiger partial charge < -0.3 is 9.64 Å². The molecule has 0 radical (unpaired) electrons. The van der Waals surface area contributed by atoms with Crippen molar-refractivity contribution in [1.29, 1.82) is 5.26 Å². The van der Waals surface area contributed by atoms with Crippen LogP contribution in [0.4, 0.5) is 18.9 Å². The SMILES string of the molecule is CN(CC1CCCCO1)c1ccc(C(F)(F)F)c(C#N)c1. The molecule has 1 saturated heterocycles. The Bertz CT molecular complexity index is 531. The van der Waals surface area contributed by atoms with Crippen LogP contribution in [0.1, 0.15) is 30.4 Å². The highest BCUT2D eigenvalue weighted by molar-refractivity contribution is 5.55. The molecule has 1 atom stereocenters. The van der Waals surface area contributed by atoms with Gasteiger partial charge in [-0.2, -0.15) is 18.4 Å². The van der Waals surface area contributed by atoms with Gasteiger partial charge in [0.15, 0.2) is 0 Å². The van der Waals surface area contributed by atoms with E-state index in [9.17, 15) is 13.2 Å². The molecule has 1 aromatic rings. The van der Waals surface area contributed by atoms with Crippen LogP contribution in [0.25, 0.3) is 0 Å². The van der Waals surface area contributed by atoms with E-state index in [1.165, 1.54) is 12.1 Å². The number of alkyl halides is 3. The van der Waals surface area contributed by atoms with E-state index in [0.29, 0.717) is 12.2 Å². The first-order valence-corrected chi connectivity index (χ1v) is 6.86. The minimum atomic E-state index is -4.51. The summed E-state index contributed by atoms with van der Waals surface area (Å²) in [7, 11) is 1.79. The van der Waals surface area contributed by atoms with Gasteiger partial charge in [0.05, 0.1) is 23.3 Å². The van der Waals surface area contributed by atoms with Crippen LogP contribution < -0.4 is 4.90 Å². The number of halogens is 3. The molecule has 1 unspecified atom stereocenters. The fourth-order valence-corrected chi connectivity index (χ4v) is 2.47. The summed E-state index contributed by atoms with van der Waals surface area (Å²) in [5.41, 5.74) is -0.652. The number of ether oxygens (including phenoxy) is 1. The average molecular weight is 298 g/mol. The van der Waals surface area contributed by atoms with Gasteiger partial charge in [-0.15, -0.1) is 0 Å². The molecule has 1 fully saturated rings. The van der Waals surface area contributed by atoms with Crippen molar-refractivity contribution >= 4 is 5.69 Å². The van der Waals surface area contributed by atoms with Gasteiger partial charge in [0.1, 0.15) is 0 Å². The number of likely N-dealkylation sites (N-methyl/N-ethyl adjacent to an activating group) is 1. The third kappa shape index (κ3) is 3.88. The van der Waals surface area contributed by atoms with Crippen LogP contribution in [0.5, 0.6) is 0 Å². The van der Waals surface area contributed by atoms with Gasteiger partial charge in [-0.25, -0.2) is 0 Å². The van der Waals surface area contributed by atoms with Crippen molar-refractivity contribution in [2.45, 2.75) is 31.5 Å². The molecule has 0 amide bonds. The monoisotopic (exact) mass is 298 g/mol. The second kappa shape index (κ2) is 6.35. The van der Waals surface area contributed by atoms with Crippen LogP contribution in [0.15, 0.2) is 18.2 Å². The topological polar surface area (TPSA) is 36.3 Å². The van der Waals surface area contributed by atoms with Crippen molar-refractivity contribution < 1.29 is 17.9 Å². The number of rotatable bonds is 3. The second-order valence-corrected chi connectivity index (χ2v) is 5.21. The van der Waals surface area contributed by atoms with Crippen LogP contribution in [0.2, 0.25) is 0 Å². The number of benzene rings is 1. The first-order chi connectivity index (χ1) is 9.91. The van der Waals surface area contributed by atoms with Crippen molar-refractivity contribution in [2.24, 2.45) is 0 Å². The maximum Gasteiger partial charge on any atom is 0.417 e. The van der Waals surface area contributed by atoms with Crippen molar-refractivity contribution in [3.05, 3.63) is 29.3 Å². The zero-order chi connectivity index (χ0) is 15.5. The van der Waals surface area contributed by atoms with E-state index >= 15 is 0 Å². The molecule has 1 aliphatic rings. The predicted molar refractivity (Wildman–Crippen MR) is 73.0 cm³/mol. The van der Waals surface area contributed by atoms with E-state index in [0.717, 1.165) is 31.9 Å². The van der Waals surface area contributed by atoms with E-state index in [1.54, 1.807) is 13.1 Å². The molecule has 6 heteroatoms. The van der Waals surface area contributed by atoms with Gasteiger partial charge >= 0.3 is 6.18 Å². The van der Waals surface area contributed by atoms with Crippen LogP contribution in [0.3, 0.4) is 0 Å². The van der Waals surface area contributed by atoms with E-state index in [1.807, 2.05) is 4.90 Å². The van der Waals surface area contributed by atoms with Crippen molar-refractivity contribution in [3.8, 4) is 6.07 Å². The summed E-state index contributed by atoms with van der Waals surface area (Å²) in [4.78, 5) is 1.83. The minimum absolute atomic E-state index is 0.0941. The molecule has 0 spiro atoms. The first kappa shape index (κ1) is 15.6. The second-order valence-electron chi connectivity index (χ2n) is 5.21. The van der Waals surface area contributed by atoms with Gasteiger partial charge in [-0.3, -0.25) is 0 Å². The highest BCUT2D eigenvalue weighted by Gasteiger charge is 2.33. The molecule has 0 aromatic heterocycles. The lowest BCUT2D eigenvalue weighted by Crippen LogP contribution is -2.33. The van der Waals surface area contributed by atoms with Crippen LogP contribution in [-0.2, 0) is 10.9 Å². The highest BCUT2D eigenvalue weighted by Crippen LogP contribution is 2.33. The maximum atomic E-state index is 12.8. The molecule has 1 heterocycles. The van der Waals surface area contributed by atoms with E-state index in [4.69, 9.17) is 10.00 Å². The van der Waals surface area contributed by atoms with E-state index in [2.05, 4.69) is 0 Å². The van der Waals surface area contributed by atoms with Gasteiger partial charge in [0.25, 0.3) is 0 Å². The minimum Gasteiger partial charge on any atom is -0.376 e. The van der Waals surface area contributed by atoms with Crippen LogP contribution in [0, 0.1) is 11.3 Å². The van der Waals surface area contributed by atoms with Crippen molar-refractivity contribution in [2.75, 3.05) is 25.1 Å². The van der Waals surface area contributed by atoms with Crippen LogP contribution in [-0.4, -0.2) is 26.3 Å². The fraction of sp³-hybridized carbons (Fsp3) is 0.533. The molecule has 0 aliphatic carbocycles. The molecule has 0 saturated carbocycles. The molecule has 3 nitrogen and oxygen atoms in total. The van der Waals surface area contributed by atoms with Gasteiger partial charge in [0, 0.05) is 25.9 Å². The molecule has 1 aromatic carbocycles. The predicted octanol–water partition coefficient (Wildman–Crippen LogP) is 3.58. The van der Waals surface area contributed by atoms with E-state index in [-0.39, 0.29) is 11.7 Å². The molecule has 1 aliphatic heterocycles. The third-order valence-corrected chi connectivity index (χ3v) is 3.62. The fourth-order valence-electron chi connectivity index (χ4n) is 2.47. The summed E-state index contributed by atoms with van der Waals surface area (Å²) in [6, 6.07) is 5.27. The van der Waals surface area contributed by atoms with Crippen molar-refractivity contribution in [3.63, 3.8) is 0 Å². The zero-order valence-electron chi connectivity index (χ0n) is 11.8. The molecule has 2 rings (SSSR count). The normalized spacial score (nSPS) is 19.1. The number of nitrogens with zero attached hydrogens (tertiary/aromatic N) is 2. The zero-order valence-corrected chi connectivity index (χ0v) is 11.8. The van der Waals surface area contributed by atoms with E-state index < -0.39 is 11.7 Å². The summed E-state index contributed by atoms with van der Waals surface area (Å²) < 4.78 is 43.9. The van der Waals surface area contributed by atoms with Gasteiger partial charge in [-0.1, -0.05) is 0 Å². The first-order valence-electron chi connectivity index (χ1n) is 6.86. The number of hydrogen-bond donors (Lipinski definition) is 0. The molecule has 0 bridgehead atoms. The molecule has 21 heavy (non-hydrogen) atoms. The van der Waals surface area contributed by atoms with Gasteiger partial charge in [-0.05, 0) is 37.5 Å². The summed E-state index contributed by atoms with van der Waals surface area (Å²) >= 11 is 0. The Kier molecular flexibility index (Phi) is 4.73. The smallest absolute Gasteiger partial charge is 0.376 e. The lowest BCUT2D eigenvalue weighted by atomic mass is 10.1. The molecule has 114 valence electrons. The average Bonchev–Trinajstić information content (AvgIpc) is 2.46. The number of anilines is 1. The Labute approximate surface area is 121 Å². The Balaban J connectivity index is 2.14. The van der Waals surface area contributed by atoms with Crippen LogP contribution >= 0.6 is 0 Å². The largest absolute Gasteiger partial charge is 0.417 e. The maximum absolute atomic E-state index is 12.8. The molecular formula is C15H17F3N2O. The summed E-state index contributed by atoms with van der Waals surface area (Å²) in [5.74, 6) is 0. The highest BCUT2D eigenvalue weighted by atomic mass is 19.4. The Morgan fingerprint density at radius 3 is 2.71 bits per heavy atom. The Morgan fingerprint density at radius 1 is 1.38 bits per heavy atom. The quantitative estimate of drug-likeness (QED) is 0.855. The van der Waals surface area contributed by atoms with Crippen molar-refractivity contribution in [1.82, 2.24) is 0 Å². The summed E-state index contributed by atoms with van der Waals surface area (Å²) in [6.07, 6.45) is -1.30. The summed E-state index contributed by atoms with van der Waals surface area (Å²) in [5, 5.41) is 8.92.